The fraction of sp³-hybridized carbons (Fsp3) is 0.240. The number of ether oxygens (including phenoxy) is 1. The van der Waals surface area contributed by atoms with Gasteiger partial charge in [0.15, 0.2) is 5.83 Å². The molecule has 0 fully saturated rings. The van der Waals surface area contributed by atoms with Gasteiger partial charge in [-0.2, -0.15) is 0 Å². The zero-order chi connectivity index (χ0) is 24.8. The topological polar surface area (TPSA) is 107 Å². The summed E-state index contributed by atoms with van der Waals surface area (Å²) in [6.07, 6.45) is 0.591. The number of allylic oxidation sites excluding steroid dienone is 1. The number of rotatable bonds is 9. The Bertz CT molecular complexity index is 1250. The van der Waals surface area contributed by atoms with Crippen molar-refractivity contribution in [3.63, 3.8) is 0 Å². The number of benzene rings is 2. The molecule has 2 aromatic carbocycles. The molecular formula is C25H26ClFN4O3. The summed E-state index contributed by atoms with van der Waals surface area (Å²) >= 11 is 6.46. The summed E-state index contributed by atoms with van der Waals surface area (Å²) in [7, 11) is 0. The minimum Gasteiger partial charge on any atom is -0.487 e. The van der Waals surface area contributed by atoms with Crippen LogP contribution in [0.25, 0.3) is 10.9 Å². The number of aliphatic hydroxyl groups excluding tert-OH is 1. The van der Waals surface area contributed by atoms with Crippen LogP contribution >= 0.6 is 11.6 Å². The van der Waals surface area contributed by atoms with Crippen LogP contribution in [-0.2, 0) is 11.4 Å². The van der Waals surface area contributed by atoms with Gasteiger partial charge >= 0.3 is 0 Å². The number of fused-ring (bicyclic) bond motifs is 1. The number of halogens is 2. The van der Waals surface area contributed by atoms with Gasteiger partial charge in [0.2, 0.25) is 5.91 Å². The molecule has 0 aliphatic heterocycles. The first-order valence-electron chi connectivity index (χ1n) is 10.6. The molecule has 1 aromatic heterocycles. The van der Waals surface area contributed by atoms with Crippen LogP contribution in [0.1, 0.15) is 36.7 Å². The summed E-state index contributed by atoms with van der Waals surface area (Å²) in [5.74, 6) is -0.688. The molecule has 9 heteroatoms. The molecule has 2 unspecified atom stereocenters. The highest BCUT2D eigenvalue weighted by Crippen LogP contribution is 2.32. The van der Waals surface area contributed by atoms with Crippen molar-refractivity contribution >= 4 is 40.3 Å². The SMILES string of the molecule is Cc1cc(N/C=C(/F)C=N)c2cccc(OCc3c(Cl)cccc3C(C)NC(=O)C(C)O)c2n1. The van der Waals surface area contributed by atoms with Crippen molar-refractivity contribution in [2.24, 2.45) is 0 Å². The van der Waals surface area contributed by atoms with E-state index in [9.17, 15) is 14.3 Å². The molecule has 7 nitrogen and oxygen atoms in total. The fourth-order valence-corrected chi connectivity index (χ4v) is 3.71. The Morgan fingerprint density at radius 1 is 1.29 bits per heavy atom. The Morgan fingerprint density at radius 3 is 2.74 bits per heavy atom. The van der Waals surface area contributed by atoms with Gasteiger partial charge in [0.05, 0.1) is 12.3 Å². The van der Waals surface area contributed by atoms with Crippen LogP contribution in [0.4, 0.5) is 10.1 Å². The van der Waals surface area contributed by atoms with Gasteiger partial charge in [-0.25, -0.2) is 9.37 Å². The molecule has 0 bridgehead atoms. The van der Waals surface area contributed by atoms with Crippen LogP contribution in [-0.4, -0.2) is 28.3 Å². The van der Waals surface area contributed by atoms with E-state index in [0.717, 1.165) is 11.8 Å². The fourth-order valence-electron chi connectivity index (χ4n) is 3.47. The van der Waals surface area contributed by atoms with E-state index in [1.807, 2.05) is 19.1 Å². The molecule has 2 atom stereocenters. The number of amides is 1. The summed E-state index contributed by atoms with van der Waals surface area (Å²) in [4.78, 5) is 16.5. The molecule has 3 aromatic rings. The van der Waals surface area contributed by atoms with Gasteiger partial charge in [0.1, 0.15) is 24.0 Å². The Morgan fingerprint density at radius 2 is 2.03 bits per heavy atom. The van der Waals surface area contributed by atoms with Gasteiger partial charge in [0.25, 0.3) is 0 Å². The third-order valence-electron chi connectivity index (χ3n) is 5.17. The maximum atomic E-state index is 13.4. The number of hydrogen-bond acceptors (Lipinski definition) is 6. The van der Waals surface area contributed by atoms with Crippen LogP contribution in [0.3, 0.4) is 0 Å². The number of nitrogens with zero attached hydrogens (tertiary/aromatic N) is 1. The maximum Gasteiger partial charge on any atom is 0.249 e. The summed E-state index contributed by atoms with van der Waals surface area (Å²) in [5.41, 5.74) is 3.36. The smallest absolute Gasteiger partial charge is 0.249 e. The van der Waals surface area contributed by atoms with E-state index in [2.05, 4.69) is 15.6 Å². The van der Waals surface area contributed by atoms with Gasteiger partial charge in [-0.15, -0.1) is 0 Å². The molecule has 34 heavy (non-hydrogen) atoms. The molecule has 0 saturated carbocycles. The molecule has 3 rings (SSSR count). The number of aryl methyl sites for hydroxylation is 1. The van der Waals surface area contributed by atoms with Gasteiger partial charge < -0.3 is 25.9 Å². The van der Waals surface area contributed by atoms with Crippen LogP contribution in [0, 0.1) is 12.3 Å². The van der Waals surface area contributed by atoms with E-state index in [-0.39, 0.29) is 6.61 Å². The number of para-hydroxylation sites is 1. The number of aromatic nitrogens is 1. The van der Waals surface area contributed by atoms with E-state index < -0.39 is 23.9 Å². The number of carbonyl (C=O) groups is 1. The second kappa shape index (κ2) is 11.1. The maximum absolute atomic E-state index is 13.4. The number of aliphatic hydroxyl groups is 1. The predicted octanol–water partition coefficient (Wildman–Crippen LogP) is 5.21. The molecule has 1 amide bonds. The predicted molar refractivity (Wildman–Crippen MR) is 132 cm³/mol. The number of pyridine rings is 1. The lowest BCUT2D eigenvalue weighted by molar-refractivity contribution is -0.129. The van der Waals surface area contributed by atoms with E-state index in [4.69, 9.17) is 21.7 Å². The summed E-state index contributed by atoms with van der Waals surface area (Å²) in [6.45, 7) is 5.13. The third-order valence-corrected chi connectivity index (χ3v) is 5.52. The summed E-state index contributed by atoms with van der Waals surface area (Å²) in [6, 6.07) is 12.2. The van der Waals surface area contributed by atoms with Gasteiger partial charge in [-0.1, -0.05) is 35.9 Å². The van der Waals surface area contributed by atoms with Gasteiger partial charge in [-0.05, 0) is 44.5 Å². The first-order chi connectivity index (χ1) is 16.2. The number of anilines is 1. The quantitative estimate of drug-likeness (QED) is 0.312. The molecule has 0 aliphatic rings. The molecule has 4 N–H and O–H groups in total. The van der Waals surface area contributed by atoms with Crippen molar-refractivity contribution in [3.8, 4) is 5.75 Å². The van der Waals surface area contributed by atoms with E-state index >= 15 is 0 Å². The number of carbonyl (C=O) groups excluding carboxylic acids is 1. The van der Waals surface area contributed by atoms with Crippen LogP contribution in [0.15, 0.2) is 54.5 Å². The lowest BCUT2D eigenvalue weighted by Gasteiger charge is -2.20. The molecule has 0 saturated heterocycles. The van der Waals surface area contributed by atoms with E-state index in [1.54, 1.807) is 37.3 Å². The van der Waals surface area contributed by atoms with Crippen molar-refractivity contribution < 1.29 is 19.0 Å². The molecule has 0 spiro atoms. The highest BCUT2D eigenvalue weighted by molar-refractivity contribution is 6.31. The lowest BCUT2D eigenvalue weighted by atomic mass is 10.0. The Hall–Kier alpha value is -3.49. The second-order valence-corrected chi connectivity index (χ2v) is 8.19. The lowest BCUT2D eigenvalue weighted by Crippen LogP contribution is -2.34. The standard InChI is InChI=1S/C25H26ClFN4O3/c1-14-10-22(29-12-17(27)11-28)19-7-5-9-23(24(19)30-14)34-13-20-18(6-4-8-21(20)26)15(2)31-25(33)16(3)32/h4-12,15-16,28,32H,13H2,1-3H3,(H,29,30)(H,31,33)/b17-12+,28-11?. The minimum atomic E-state index is -1.13. The second-order valence-electron chi connectivity index (χ2n) is 7.78. The molecule has 0 radical (unpaired) electrons. The molecule has 0 aliphatic carbocycles. The molecule has 178 valence electrons. The average Bonchev–Trinajstić information content (AvgIpc) is 2.81. The monoisotopic (exact) mass is 484 g/mol. The van der Waals surface area contributed by atoms with Crippen molar-refractivity contribution in [3.05, 3.63) is 76.3 Å². The number of hydrogen-bond donors (Lipinski definition) is 4. The van der Waals surface area contributed by atoms with Crippen LogP contribution in [0.2, 0.25) is 5.02 Å². The van der Waals surface area contributed by atoms with Crippen molar-refractivity contribution in [2.75, 3.05) is 5.32 Å². The summed E-state index contributed by atoms with van der Waals surface area (Å²) in [5, 5.41) is 23.3. The van der Waals surface area contributed by atoms with E-state index in [0.29, 0.717) is 44.8 Å². The third kappa shape index (κ3) is 5.89. The first-order valence-corrected chi connectivity index (χ1v) is 11.0. The number of nitrogens with one attached hydrogen (secondary N) is 3. The Labute approximate surface area is 202 Å². The highest BCUT2D eigenvalue weighted by atomic mass is 35.5. The Kier molecular flexibility index (Phi) is 8.20. The van der Waals surface area contributed by atoms with E-state index in [1.165, 1.54) is 6.92 Å². The zero-order valence-corrected chi connectivity index (χ0v) is 19.8. The van der Waals surface area contributed by atoms with Gasteiger partial charge in [-0.3, -0.25) is 4.79 Å². The molecular weight excluding hydrogens is 459 g/mol. The van der Waals surface area contributed by atoms with Crippen molar-refractivity contribution in [1.82, 2.24) is 10.3 Å². The Balaban J connectivity index is 1.92. The van der Waals surface area contributed by atoms with Crippen LogP contribution < -0.4 is 15.4 Å². The summed E-state index contributed by atoms with van der Waals surface area (Å²) < 4.78 is 19.6. The average molecular weight is 485 g/mol. The normalized spacial score (nSPS) is 13.3. The van der Waals surface area contributed by atoms with Crippen molar-refractivity contribution in [1.29, 1.82) is 5.41 Å². The highest BCUT2D eigenvalue weighted by Gasteiger charge is 2.19. The molecule has 1 heterocycles. The van der Waals surface area contributed by atoms with Gasteiger partial charge in [0, 0.05) is 33.6 Å². The first kappa shape index (κ1) is 25.1. The minimum absolute atomic E-state index is 0.115. The van der Waals surface area contributed by atoms with Crippen LogP contribution in [0.5, 0.6) is 5.75 Å². The zero-order valence-electron chi connectivity index (χ0n) is 19.0. The largest absolute Gasteiger partial charge is 0.487 e. The van der Waals surface area contributed by atoms with Crippen molar-refractivity contribution in [2.45, 2.75) is 39.5 Å².